The van der Waals surface area contributed by atoms with E-state index in [1.165, 1.54) is 5.56 Å². The molecule has 1 atom stereocenters. The van der Waals surface area contributed by atoms with E-state index < -0.39 is 0 Å². The van der Waals surface area contributed by atoms with Gasteiger partial charge in [0.05, 0.1) is 12.1 Å². The summed E-state index contributed by atoms with van der Waals surface area (Å²) >= 11 is 3.64. The molecule has 1 aromatic carbocycles. The molecular formula is C14H21BrN4. The molecule has 0 saturated carbocycles. The fourth-order valence-corrected chi connectivity index (χ4v) is 3.16. The Balaban J connectivity index is 2.29. The first kappa shape index (κ1) is 14.3. The van der Waals surface area contributed by atoms with E-state index in [0.29, 0.717) is 12.5 Å². The molecule has 1 heterocycles. The Bertz CT molecular complexity index is 486. The molecule has 19 heavy (non-hydrogen) atoms. The van der Waals surface area contributed by atoms with Crippen molar-refractivity contribution in [2.75, 3.05) is 33.7 Å². The maximum absolute atomic E-state index is 6.07. The molecule has 1 aromatic rings. The van der Waals surface area contributed by atoms with Crippen LogP contribution in [-0.2, 0) is 5.54 Å². The van der Waals surface area contributed by atoms with Gasteiger partial charge in [-0.2, -0.15) is 0 Å². The van der Waals surface area contributed by atoms with Crippen molar-refractivity contribution in [2.24, 2.45) is 10.7 Å². The van der Waals surface area contributed by atoms with Gasteiger partial charge in [-0.15, -0.1) is 0 Å². The third-order valence-corrected chi connectivity index (χ3v) is 4.34. The summed E-state index contributed by atoms with van der Waals surface area (Å²) in [4.78, 5) is 8.81. The number of rotatable bonds is 4. The van der Waals surface area contributed by atoms with Crippen LogP contribution in [0, 0.1) is 0 Å². The summed E-state index contributed by atoms with van der Waals surface area (Å²) in [6.07, 6.45) is 0. The zero-order chi connectivity index (χ0) is 14.0. The lowest BCUT2D eigenvalue weighted by atomic mass is 9.91. The summed E-state index contributed by atoms with van der Waals surface area (Å²) in [7, 11) is 4.14. The van der Waals surface area contributed by atoms with E-state index in [2.05, 4.69) is 69.9 Å². The van der Waals surface area contributed by atoms with E-state index in [1.54, 1.807) is 0 Å². The fourth-order valence-electron chi connectivity index (χ4n) is 2.45. The molecule has 0 amide bonds. The number of halogens is 1. The van der Waals surface area contributed by atoms with Crippen LogP contribution in [0.2, 0.25) is 0 Å². The summed E-state index contributed by atoms with van der Waals surface area (Å²) in [5.74, 6) is 0.639. The van der Waals surface area contributed by atoms with Gasteiger partial charge in [-0.25, -0.2) is 0 Å². The Hall–Kier alpha value is -1.07. The Labute approximate surface area is 123 Å². The summed E-state index contributed by atoms with van der Waals surface area (Å²) < 4.78 is 1.11. The minimum atomic E-state index is -0.166. The summed E-state index contributed by atoms with van der Waals surface area (Å²) in [6, 6.07) is 8.30. The number of nitrogens with two attached hydrogens (primary N) is 1. The van der Waals surface area contributed by atoms with E-state index in [4.69, 9.17) is 5.73 Å². The Morgan fingerprint density at radius 1 is 1.42 bits per heavy atom. The zero-order valence-electron chi connectivity index (χ0n) is 11.7. The third kappa shape index (κ3) is 2.77. The number of aliphatic imine (C=N–C) groups is 1. The maximum atomic E-state index is 6.07. The third-order valence-electron chi connectivity index (χ3n) is 3.65. The van der Waals surface area contributed by atoms with Crippen molar-refractivity contribution in [3.05, 3.63) is 34.3 Å². The van der Waals surface area contributed by atoms with E-state index in [1.807, 2.05) is 6.07 Å². The fraction of sp³-hybridized carbons (Fsp3) is 0.500. The van der Waals surface area contributed by atoms with Crippen LogP contribution in [0.4, 0.5) is 0 Å². The van der Waals surface area contributed by atoms with Gasteiger partial charge in [-0.3, -0.25) is 4.99 Å². The maximum Gasteiger partial charge on any atom is 0.192 e. The van der Waals surface area contributed by atoms with Gasteiger partial charge >= 0.3 is 0 Å². The Morgan fingerprint density at radius 2 is 2.11 bits per heavy atom. The first-order chi connectivity index (χ1) is 8.95. The second-order valence-electron chi connectivity index (χ2n) is 5.38. The van der Waals surface area contributed by atoms with Gasteiger partial charge in [0.1, 0.15) is 0 Å². The predicted molar refractivity (Wildman–Crippen MR) is 83.2 cm³/mol. The van der Waals surface area contributed by atoms with Gasteiger partial charge in [-0.05, 0) is 32.6 Å². The number of nitrogens with zero attached hydrogens (tertiary/aromatic N) is 3. The normalized spacial score (nSPS) is 23.0. The minimum absolute atomic E-state index is 0.166. The molecule has 5 heteroatoms. The number of benzene rings is 1. The molecule has 0 bridgehead atoms. The highest BCUT2D eigenvalue weighted by molar-refractivity contribution is 9.10. The quantitative estimate of drug-likeness (QED) is 0.919. The van der Waals surface area contributed by atoms with E-state index >= 15 is 0 Å². The summed E-state index contributed by atoms with van der Waals surface area (Å²) in [5, 5.41) is 0. The predicted octanol–water partition coefficient (Wildman–Crippen LogP) is 1.86. The van der Waals surface area contributed by atoms with Gasteiger partial charge < -0.3 is 15.5 Å². The van der Waals surface area contributed by atoms with Gasteiger partial charge in [0.15, 0.2) is 5.96 Å². The molecule has 2 rings (SSSR count). The second-order valence-corrected chi connectivity index (χ2v) is 6.24. The summed E-state index contributed by atoms with van der Waals surface area (Å²) in [5.41, 5.74) is 7.14. The lowest BCUT2D eigenvalue weighted by Crippen LogP contribution is -2.49. The first-order valence-electron chi connectivity index (χ1n) is 6.42. The molecule has 0 spiro atoms. The van der Waals surface area contributed by atoms with Gasteiger partial charge in [0.25, 0.3) is 0 Å². The van der Waals surface area contributed by atoms with Crippen molar-refractivity contribution >= 4 is 21.9 Å². The monoisotopic (exact) mass is 324 g/mol. The minimum Gasteiger partial charge on any atom is -0.370 e. The lowest BCUT2D eigenvalue weighted by Gasteiger charge is -2.37. The molecule has 104 valence electrons. The van der Waals surface area contributed by atoms with Gasteiger partial charge in [0.2, 0.25) is 0 Å². The highest BCUT2D eigenvalue weighted by atomic mass is 79.9. The van der Waals surface area contributed by atoms with Crippen LogP contribution in [0.25, 0.3) is 0 Å². The topological polar surface area (TPSA) is 44.9 Å². The highest BCUT2D eigenvalue weighted by Gasteiger charge is 2.40. The van der Waals surface area contributed by atoms with E-state index in [-0.39, 0.29) is 5.54 Å². The van der Waals surface area contributed by atoms with Crippen LogP contribution in [0.1, 0.15) is 12.5 Å². The van der Waals surface area contributed by atoms with Crippen LogP contribution in [0.3, 0.4) is 0 Å². The molecule has 0 fully saturated rings. The van der Waals surface area contributed by atoms with Crippen molar-refractivity contribution in [3.63, 3.8) is 0 Å². The molecule has 1 unspecified atom stereocenters. The van der Waals surface area contributed by atoms with Gasteiger partial charge in [-0.1, -0.05) is 34.1 Å². The van der Waals surface area contributed by atoms with Crippen LogP contribution < -0.4 is 5.73 Å². The molecule has 2 N–H and O–H groups in total. The largest absolute Gasteiger partial charge is 0.370 e. The second kappa shape index (κ2) is 5.51. The van der Waals surface area contributed by atoms with Crippen molar-refractivity contribution in [1.29, 1.82) is 0 Å². The molecule has 0 aliphatic carbocycles. The lowest BCUT2D eigenvalue weighted by molar-refractivity contribution is 0.204. The van der Waals surface area contributed by atoms with Crippen molar-refractivity contribution in [3.8, 4) is 0 Å². The average molecular weight is 325 g/mol. The number of hydrogen-bond acceptors (Lipinski definition) is 4. The average Bonchev–Trinajstić information content (AvgIpc) is 2.64. The van der Waals surface area contributed by atoms with Crippen LogP contribution in [-0.4, -0.2) is 49.5 Å². The molecule has 4 nitrogen and oxygen atoms in total. The first-order valence-corrected chi connectivity index (χ1v) is 7.22. The van der Waals surface area contributed by atoms with Gasteiger partial charge in [0, 0.05) is 17.6 Å². The standard InChI is InChI=1S/C14H21BrN4/c1-14(11-6-4-5-7-12(11)15)10-17-13(16)19(14)9-8-18(2)3/h4-7H,8-10H2,1-3H3,(H2,16,17). The van der Waals surface area contributed by atoms with Crippen LogP contribution >= 0.6 is 15.9 Å². The van der Waals surface area contributed by atoms with Crippen molar-refractivity contribution < 1.29 is 0 Å². The Kier molecular flexibility index (Phi) is 4.16. The smallest absolute Gasteiger partial charge is 0.192 e. The van der Waals surface area contributed by atoms with Crippen LogP contribution in [0.5, 0.6) is 0 Å². The molecule has 1 aliphatic rings. The zero-order valence-corrected chi connectivity index (χ0v) is 13.3. The highest BCUT2D eigenvalue weighted by Crippen LogP contribution is 2.36. The van der Waals surface area contributed by atoms with E-state index in [0.717, 1.165) is 17.6 Å². The SMILES string of the molecule is CN(C)CCN1C(N)=NCC1(C)c1ccccc1Br. The molecule has 0 radical (unpaired) electrons. The number of likely N-dealkylation sites (N-methyl/N-ethyl adjacent to an activating group) is 1. The molecule has 0 aromatic heterocycles. The number of hydrogen-bond donors (Lipinski definition) is 1. The molecular weight excluding hydrogens is 304 g/mol. The molecule has 1 aliphatic heterocycles. The van der Waals surface area contributed by atoms with Crippen molar-refractivity contribution in [1.82, 2.24) is 9.80 Å². The molecule has 0 saturated heterocycles. The Morgan fingerprint density at radius 3 is 2.74 bits per heavy atom. The van der Waals surface area contributed by atoms with Crippen molar-refractivity contribution in [2.45, 2.75) is 12.5 Å². The number of guanidine groups is 1. The van der Waals surface area contributed by atoms with Crippen LogP contribution in [0.15, 0.2) is 33.7 Å². The van der Waals surface area contributed by atoms with E-state index in [9.17, 15) is 0 Å². The summed E-state index contributed by atoms with van der Waals surface area (Å²) in [6.45, 7) is 4.73.